The minimum Gasteiger partial charge on any atom is -0.309 e. The second-order valence-corrected chi connectivity index (χ2v) is 25.5. The molecule has 8 heteroatoms. The average Bonchev–Trinajstić information content (AvgIpc) is 1.56. The molecule has 420 valence electrons. The number of thiophene rings is 2. The van der Waals surface area contributed by atoms with Gasteiger partial charge in [-0.05, 0) is 106 Å². The zero-order valence-corrected chi connectivity index (χ0v) is 50.0. The van der Waals surface area contributed by atoms with Crippen molar-refractivity contribution < 1.29 is 0 Å². The van der Waals surface area contributed by atoms with Crippen molar-refractivity contribution in [2.24, 2.45) is 0 Å². The molecule has 1 aliphatic rings. The number of rotatable bonds is 9. The fourth-order valence-corrected chi connectivity index (χ4v) is 17.3. The first-order chi connectivity index (χ1) is 44.7. The van der Waals surface area contributed by atoms with Crippen molar-refractivity contribution in [1.82, 2.24) is 24.1 Å². The summed E-state index contributed by atoms with van der Waals surface area (Å²) < 4.78 is 9.68. The number of anilines is 3. The molecule has 0 saturated carbocycles. The van der Waals surface area contributed by atoms with Crippen molar-refractivity contribution in [3.63, 3.8) is 0 Å². The van der Waals surface area contributed by atoms with Gasteiger partial charge < -0.3 is 9.47 Å². The average molecular weight is 1180 g/mol. The molecule has 0 atom stereocenters. The van der Waals surface area contributed by atoms with Crippen LogP contribution in [0, 0.1) is 0 Å². The van der Waals surface area contributed by atoms with E-state index in [9.17, 15) is 0 Å². The van der Waals surface area contributed by atoms with E-state index in [2.05, 4.69) is 311 Å². The smallest absolute Gasteiger partial charge is 0.238 e. The minimum absolute atomic E-state index is 0.517. The third kappa shape index (κ3) is 7.40. The Kier molecular flexibility index (Phi) is 11.2. The molecular formula is C82H50N6S2. The Morgan fingerprint density at radius 1 is 0.311 bits per heavy atom. The summed E-state index contributed by atoms with van der Waals surface area (Å²) in [6.45, 7) is 0. The van der Waals surface area contributed by atoms with E-state index in [1.54, 1.807) is 0 Å². The van der Waals surface area contributed by atoms with E-state index in [-0.39, 0.29) is 0 Å². The third-order valence-corrected chi connectivity index (χ3v) is 21.1. The van der Waals surface area contributed by atoms with Gasteiger partial charge >= 0.3 is 0 Å². The van der Waals surface area contributed by atoms with E-state index >= 15 is 0 Å². The zero-order chi connectivity index (χ0) is 59.0. The SMILES string of the molecule is c1ccc(-c2nc(-c3ccc4c(c3)C(c3ccccc3)(c3ccccc3)c3ccccc3-4)nc(-n3c4cc5c(cc4c4c(N(c6cccc7c6sc6ccccc67)c6cccc7c6sc6ccccc67)cccc43)c3ccccc3n5-c3ccccc3)n2)cc1. The van der Waals surface area contributed by atoms with Gasteiger partial charge in [-0.2, -0.15) is 9.97 Å². The number of fused-ring (bicyclic) bond motifs is 15. The maximum absolute atomic E-state index is 5.79. The van der Waals surface area contributed by atoms with Gasteiger partial charge in [0.2, 0.25) is 5.95 Å². The normalized spacial score (nSPS) is 12.8. The van der Waals surface area contributed by atoms with E-state index in [1.807, 2.05) is 28.7 Å². The first-order valence-electron chi connectivity index (χ1n) is 30.5. The second kappa shape index (κ2) is 19.9. The molecule has 90 heavy (non-hydrogen) atoms. The molecule has 0 aliphatic heterocycles. The lowest BCUT2D eigenvalue weighted by Gasteiger charge is -2.34. The molecule has 13 aromatic carbocycles. The van der Waals surface area contributed by atoms with Gasteiger partial charge in [0.25, 0.3) is 0 Å². The summed E-state index contributed by atoms with van der Waals surface area (Å²) in [5.74, 6) is 1.67. The van der Waals surface area contributed by atoms with Crippen LogP contribution in [0.4, 0.5) is 17.1 Å². The van der Waals surface area contributed by atoms with Gasteiger partial charge in [-0.1, -0.05) is 231 Å². The molecular weight excluding hydrogens is 1130 g/mol. The minimum atomic E-state index is -0.624. The van der Waals surface area contributed by atoms with Gasteiger partial charge in [0.05, 0.1) is 53.9 Å². The number of para-hydroxylation sites is 2. The largest absolute Gasteiger partial charge is 0.309 e. The van der Waals surface area contributed by atoms with Gasteiger partial charge in [0.1, 0.15) is 0 Å². The Morgan fingerprint density at radius 3 is 1.50 bits per heavy atom. The lowest BCUT2D eigenvalue weighted by Crippen LogP contribution is -2.28. The van der Waals surface area contributed by atoms with Crippen molar-refractivity contribution >= 4 is 124 Å². The van der Waals surface area contributed by atoms with Gasteiger partial charge in [-0.15, -0.1) is 22.7 Å². The Hall–Kier alpha value is -11.3. The molecule has 1 aliphatic carbocycles. The van der Waals surface area contributed by atoms with Gasteiger partial charge in [-0.25, -0.2) is 4.98 Å². The first-order valence-corrected chi connectivity index (χ1v) is 32.1. The quantitative estimate of drug-likeness (QED) is 0.145. The van der Waals surface area contributed by atoms with Crippen LogP contribution in [0.2, 0.25) is 0 Å². The van der Waals surface area contributed by atoms with Crippen LogP contribution in [-0.4, -0.2) is 24.1 Å². The predicted molar refractivity (Wildman–Crippen MR) is 377 cm³/mol. The van der Waals surface area contributed by atoms with Crippen LogP contribution in [0.15, 0.2) is 303 Å². The van der Waals surface area contributed by atoms with Gasteiger partial charge in [0.15, 0.2) is 11.6 Å². The summed E-state index contributed by atoms with van der Waals surface area (Å²) >= 11 is 3.72. The van der Waals surface area contributed by atoms with Crippen molar-refractivity contribution in [3.8, 4) is 45.5 Å². The van der Waals surface area contributed by atoms with Crippen LogP contribution in [0.25, 0.3) is 129 Å². The molecule has 0 saturated heterocycles. The maximum Gasteiger partial charge on any atom is 0.238 e. The number of hydrogen-bond acceptors (Lipinski definition) is 6. The molecule has 19 rings (SSSR count). The molecule has 5 aromatic heterocycles. The predicted octanol–water partition coefficient (Wildman–Crippen LogP) is 22.0. The van der Waals surface area contributed by atoms with Crippen molar-refractivity contribution in [1.29, 1.82) is 0 Å². The Labute approximate surface area is 525 Å². The number of nitrogens with zero attached hydrogens (tertiary/aromatic N) is 6. The fourth-order valence-electron chi connectivity index (χ4n) is 14.9. The zero-order valence-electron chi connectivity index (χ0n) is 48.4. The van der Waals surface area contributed by atoms with E-state index in [0.29, 0.717) is 17.6 Å². The monoisotopic (exact) mass is 1180 g/mol. The van der Waals surface area contributed by atoms with Crippen LogP contribution in [0.1, 0.15) is 22.3 Å². The molecule has 6 nitrogen and oxygen atoms in total. The molecule has 5 heterocycles. The lowest BCUT2D eigenvalue weighted by molar-refractivity contribution is 0.768. The van der Waals surface area contributed by atoms with Crippen LogP contribution in [0.3, 0.4) is 0 Å². The highest BCUT2D eigenvalue weighted by molar-refractivity contribution is 7.27. The van der Waals surface area contributed by atoms with Crippen LogP contribution in [0.5, 0.6) is 0 Å². The topological polar surface area (TPSA) is 51.8 Å². The number of benzene rings is 13. The van der Waals surface area contributed by atoms with Gasteiger partial charge in [0, 0.05) is 69.3 Å². The molecule has 0 N–H and O–H groups in total. The summed E-state index contributed by atoms with van der Waals surface area (Å²) in [5.41, 5.74) is 16.9. The van der Waals surface area contributed by atoms with E-state index in [0.717, 1.165) is 72.1 Å². The molecule has 0 amide bonds. The molecule has 0 fully saturated rings. The molecule has 0 spiro atoms. The van der Waals surface area contributed by atoms with Crippen LogP contribution < -0.4 is 4.90 Å². The Balaban J connectivity index is 0.935. The fraction of sp³-hybridized carbons (Fsp3) is 0.0122. The number of aromatic nitrogens is 5. The summed E-state index contributed by atoms with van der Waals surface area (Å²) in [7, 11) is 0. The first kappa shape index (κ1) is 50.8. The van der Waals surface area contributed by atoms with Crippen molar-refractivity contribution in [2.45, 2.75) is 5.41 Å². The summed E-state index contributed by atoms with van der Waals surface area (Å²) in [6, 6.07) is 111. The Morgan fingerprint density at radius 2 is 0.822 bits per heavy atom. The highest BCUT2D eigenvalue weighted by Gasteiger charge is 2.46. The molecule has 18 aromatic rings. The molecule has 0 unspecified atom stereocenters. The lowest BCUT2D eigenvalue weighted by atomic mass is 9.67. The third-order valence-electron chi connectivity index (χ3n) is 18.6. The summed E-state index contributed by atoms with van der Waals surface area (Å²) in [4.78, 5) is 19.5. The van der Waals surface area contributed by atoms with Crippen molar-refractivity contribution in [3.05, 3.63) is 326 Å². The number of hydrogen-bond donors (Lipinski definition) is 0. The van der Waals surface area contributed by atoms with Crippen LogP contribution in [-0.2, 0) is 5.41 Å². The van der Waals surface area contributed by atoms with Gasteiger partial charge in [-0.3, -0.25) is 4.57 Å². The molecule has 0 bridgehead atoms. The second-order valence-electron chi connectivity index (χ2n) is 23.4. The molecule has 0 radical (unpaired) electrons. The van der Waals surface area contributed by atoms with Crippen LogP contribution >= 0.6 is 22.7 Å². The highest BCUT2D eigenvalue weighted by Crippen LogP contribution is 2.57. The summed E-state index contributed by atoms with van der Waals surface area (Å²) in [5, 5.41) is 9.46. The standard InChI is InChI=1S/C82H50N6S2/c1-5-24-51(25-6-1)79-83-80(52-46-47-57-56-32-13-17-38-65(56)82(66(57)48-52,53-26-7-2-8-27-53)54-28-9-3-10-29-54)85-81(84-79)88-69-41-23-40-68(76(69)64-49-63-58-33-14-18-39-67(58)86(72(63)50-73(64)88)55-30-11-4-12-31-55)87(70-42-21-36-61-59-34-15-19-44-74(59)89-77(61)70)71-43-22-37-62-60-35-16-20-45-75(60)90-78(62)71/h1-50H. The van der Waals surface area contributed by atoms with E-state index in [4.69, 9.17) is 15.0 Å². The highest BCUT2D eigenvalue weighted by atomic mass is 32.1. The maximum atomic E-state index is 5.79. The van der Waals surface area contributed by atoms with Crippen molar-refractivity contribution in [2.75, 3.05) is 4.90 Å². The Bertz CT molecular complexity index is 5770. The van der Waals surface area contributed by atoms with E-state index < -0.39 is 5.41 Å². The summed E-state index contributed by atoms with van der Waals surface area (Å²) in [6.07, 6.45) is 0. The van der Waals surface area contributed by atoms with E-state index in [1.165, 1.54) is 79.1 Å².